The van der Waals surface area contributed by atoms with E-state index in [2.05, 4.69) is 15.9 Å². The van der Waals surface area contributed by atoms with Crippen LogP contribution in [0.15, 0.2) is 28.7 Å². The maximum Gasteiger partial charge on any atom is 0.251 e. The Morgan fingerprint density at radius 1 is 1.42 bits per heavy atom. The number of alkyl halides is 2. The normalized spacial score (nSPS) is 20.7. The molecule has 0 aliphatic carbocycles. The van der Waals surface area contributed by atoms with Crippen LogP contribution >= 0.6 is 15.9 Å². The smallest absolute Gasteiger partial charge is 0.251 e. The molecule has 1 aromatic carbocycles. The topological polar surface area (TPSA) is 12.5 Å². The highest BCUT2D eigenvalue weighted by atomic mass is 79.9. The van der Waals surface area contributed by atoms with Gasteiger partial charge < -0.3 is 4.74 Å². The zero-order chi connectivity index (χ0) is 13.7. The highest BCUT2D eigenvalue weighted by molar-refractivity contribution is 9.10. The van der Waals surface area contributed by atoms with E-state index in [9.17, 15) is 8.78 Å². The summed E-state index contributed by atoms with van der Waals surface area (Å²) in [6, 6.07) is 7.69. The highest BCUT2D eigenvalue weighted by Crippen LogP contribution is 2.21. The van der Waals surface area contributed by atoms with E-state index in [1.54, 1.807) is 0 Å². The Kier molecular flexibility index (Phi) is 5.58. The second kappa shape index (κ2) is 7.20. The SMILES string of the molecule is FC(F)CN1CCC[C@H](COc2cccc(Br)c2)C1. The van der Waals surface area contributed by atoms with Crippen molar-refractivity contribution in [2.24, 2.45) is 5.92 Å². The van der Waals surface area contributed by atoms with Crippen molar-refractivity contribution in [1.82, 2.24) is 4.90 Å². The number of likely N-dealkylation sites (tertiary alicyclic amines) is 1. The summed E-state index contributed by atoms with van der Waals surface area (Å²) in [5, 5.41) is 0. The fourth-order valence-corrected chi connectivity index (χ4v) is 2.80. The number of hydrogen-bond acceptors (Lipinski definition) is 2. The van der Waals surface area contributed by atoms with Crippen LogP contribution in [0.5, 0.6) is 5.75 Å². The van der Waals surface area contributed by atoms with Gasteiger partial charge in [-0.3, -0.25) is 4.90 Å². The van der Waals surface area contributed by atoms with Gasteiger partial charge in [0.05, 0.1) is 13.2 Å². The molecule has 19 heavy (non-hydrogen) atoms. The summed E-state index contributed by atoms with van der Waals surface area (Å²) in [4.78, 5) is 1.84. The lowest BCUT2D eigenvalue weighted by Crippen LogP contribution is -2.40. The van der Waals surface area contributed by atoms with Crippen molar-refractivity contribution in [2.75, 3.05) is 26.2 Å². The van der Waals surface area contributed by atoms with Crippen LogP contribution in [0.3, 0.4) is 0 Å². The summed E-state index contributed by atoms with van der Waals surface area (Å²) < 4.78 is 31.4. The Morgan fingerprint density at radius 2 is 2.26 bits per heavy atom. The Labute approximate surface area is 120 Å². The van der Waals surface area contributed by atoms with Gasteiger partial charge in [0.15, 0.2) is 0 Å². The van der Waals surface area contributed by atoms with Gasteiger partial charge in [-0.05, 0) is 37.6 Å². The van der Waals surface area contributed by atoms with Crippen LogP contribution in [-0.4, -0.2) is 37.6 Å². The second-order valence-corrected chi connectivity index (χ2v) is 5.84. The van der Waals surface area contributed by atoms with E-state index >= 15 is 0 Å². The lowest BCUT2D eigenvalue weighted by Gasteiger charge is -2.32. The molecule has 0 aromatic heterocycles. The molecule has 2 nitrogen and oxygen atoms in total. The van der Waals surface area contributed by atoms with Crippen LogP contribution in [0.1, 0.15) is 12.8 Å². The number of hydrogen-bond donors (Lipinski definition) is 0. The van der Waals surface area contributed by atoms with Crippen LogP contribution in [0, 0.1) is 5.92 Å². The zero-order valence-corrected chi connectivity index (χ0v) is 12.3. The van der Waals surface area contributed by atoms with Gasteiger partial charge in [0.2, 0.25) is 0 Å². The van der Waals surface area contributed by atoms with Gasteiger partial charge in [-0.15, -0.1) is 0 Å². The van der Waals surface area contributed by atoms with Crippen LogP contribution < -0.4 is 4.74 Å². The maximum atomic E-state index is 12.4. The number of nitrogens with zero attached hydrogens (tertiary/aromatic N) is 1. The molecule has 106 valence electrons. The Bertz CT molecular complexity index is 403. The molecule has 0 N–H and O–H groups in total. The highest BCUT2D eigenvalue weighted by Gasteiger charge is 2.22. The number of halogens is 3. The lowest BCUT2D eigenvalue weighted by atomic mass is 9.99. The first-order valence-electron chi connectivity index (χ1n) is 6.52. The first-order chi connectivity index (χ1) is 9.13. The van der Waals surface area contributed by atoms with E-state index in [-0.39, 0.29) is 6.54 Å². The molecule has 1 heterocycles. The minimum atomic E-state index is -2.25. The molecular weight excluding hydrogens is 316 g/mol. The molecule has 0 bridgehead atoms. The predicted octanol–water partition coefficient (Wildman–Crippen LogP) is 3.81. The number of rotatable bonds is 5. The van der Waals surface area contributed by atoms with Gasteiger partial charge in [0.25, 0.3) is 6.43 Å². The number of ether oxygens (including phenoxy) is 1. The number of benzene rings is 1. The molecule has 2 rings (SSSR count). The average molecular weight is 334 g/mol. The summed E-state index contributed by atoms with van der Waals surface area (Å²) in [5.74, 6) is 1.16. The fraction of sp³-hybridized carbons (Fsp3) is 0.571. The minimum absolute atomic E-state index is 0.118. The standard InChI is InChI=1S/C14H18BrF2NO/c15-12-4-1-5-13(7-12)19-10-11-3-2-6-18(8-11)9-14(16)17/h1,4-5,7,11,14H,2-3,6,8-10H2/t11-/m0/s1. The van der Waals surface area contributed by atoms with Crippen molar-refractivity contribution in [1.29, 1.82) is 0 Å². The molecule has 0 unspecified atom stereocenters. The summed E-state index contributed by atoms with van der Waals surface area (Å²) in [6.07, 6.45) is -0.225. The monoisotopic (exact) mass is 333 g/mol. The molecule has 0 spiro atoms. The van der Waals surface area contributed by atoms with E-state index in [0.29, 0.717) is 19.1 Å². The van der Waals surface area contributed by atoms with Crippen molar-refractivity contribution < 1.29 is 13.5 Å². The van der Waals surface area contributed by atoms with Crippen molar-refractivity contribution in [2.45, 2.75) is 19.3 Å². The largest absolute Gasteiger partial charge is 0.493 e. The van der Waals surface area contributed by atoms with Gasteiger partial charge in [-0.1, -0.05) is 22.0 Å². The third kappa shape index (κ3) is 5.07. The molecule has 1 atom stereocenters. The van der Waals surface area contributed by atoms with Crippen molar-refractivity contribution >= 4 is 15.9 Å². The molecule has 1 saturated heterocycles. The van der Waals surface area contributed by atoms with E-state index in [4.69, 9.17) is 4.74 Å². The van der Waals surface area contributed by atoms with E-state index < -0.39 is 6.43 Å². The summed E-state index contributed by atoms with van der Waals surface area (Å²) in [7, 11) is 0. The van der Waals surface area contributed by atoms with E-state index in [0.717, 1.165) is 29.6 Å². The van der Waals surface area contributed by atoms with Crippen molar-refractivity contribution in [3.8, 4) is 5.75 Å². The fourth-order valence-electron chi connectivity index (χ4n) is 2.42. The molecule has 0 saturated carbocycles. The van der Waals surface area contributed by atoms with Gasteiger partial charge >= 0.3 is 0 Å². The molecule has 5 heteroatoms. The van der Waals surface area contributed by atoms with Crippen LogP contribution in [-0.2, 0) is 0 Å². The van der Waals surface area contributed by atoms with Gasteiger partial charge in [-0.25, -0.2) is 8.78 Å². The minimum Gasteiger partial charge on any atom is -0.493 e. The first kappa shape index (κ1) is 14.7. The van der Waals surface area contributed by atoms with E-state index in [1.165, 1.54) is 0 Å². The Balaban J connectivity index is 1.79. The second-order valence-electron chi connectivity index (χ2n) is 4.93. The third-order valence-electron chi connectivity index (χ3n) is 3.28. The predicted molar refractivity (Wildman–Crippen MR) is 74.8 cm³/mol. The molecule has 1 aliphatic heterocycles. The molecule has 1 aliphatic rings. The lowest BCUT2D eigenvalue weighted by molar-refractivity contribution is 0.0552. The van der Waals surface area contributed by atoms with Crippen LogP contribution in [0.4, 0.5) is 8.78 Å². The average Bonchev–Trinajstić information content (AvgIpc) is 2.36. The van der Waals surface area contributed by atoms with Crippen LogP contribution in [0.25, 0.3) is 0 Å². The van der Waals surface area contributed by atoms with E-state index in [1.807, 2.05) is 29.2 Å². The number of piperidine rings is 1. The van der Waals surface area contributed by atoms with Crippen molar-refractivity contribution in [3.05, 3.63) is 28.7 Å². The molecule has 1 fully saturated rings. The summed E-state index contributed by atoms with van der Waals surface area (Å²) in [6.45, 7) is 1.96. The first-order valence-corrected chi connectivity index (χ1v) is 7.31. The third-order valence-corrected chi connectivity index (χ3v) is 3.77. The van der Waals surface area contributed by atoms with Crippen molar-refractivity contribution in [3.63, 3.8) is 0 Å². The molecular formula is C14H18BrF2NO. The molecule has 0 radical (unpaired) electrons. The quantitative estimate of drug-likeness (QED) is 0.812. The Morgan fingerprint density at radius 3 is 3.00 bits per heavy atom. The van der Waals surface area contributed by atoms with Gasteiger partial charge in [0.1, 0.15) is 5.75 Å². The van der Waals surface area contributed by atoms with Gasteiger partial charge in [0, 0.05) is 16.9 Å². The van der Waals surface area contributed by atoms with Gasteiger partial charge in [-0.2, -0.15) is 0 Å². The zero-order valence-electron chi connectivity index (χ0n) is 10.7. The van der Waals surface area contributed by atoms with Crippen LogP contribution in [0.2, 0.25) is 0 Å². The Hall–Kier alpha value is -0.680. The molecule has 1 aromatic rings. The summed E-state index contributed by atoms with van der Waals surface area (Å²) in [5.41, 5.74) is 0. The molecule has 0 amide bonds. The maximum absolute atomic E-state index is 12.4. The summed E-state index contributed by atoms with van der Waals surface area (Å²) >= 11 is 3.39.